The smallest absolute Gasteiger partial charge is 0.0710 e. The molecule has 2 fully saturated rings. The highest BCUT2D eigenvalue weighted by Gasteiger charge is 2.35. The van der Waals surface area contributed by atoms with E-state index in [2.05, 4.69) is 44.8 Å². The Labute approximate surface area is 125 Å². The molecule has 0 spiro atoms. The SMILES string of the molecule is CCC1CN(CC2CCC(C)(C)O2)C(CC(C)C)CN1. The van der Waals surface area contributed by atoms with Gasteiger partial charge in [-0.05, 0) is 45.4 Å². The third-order valence-electron chi connectivity index (χ3n) is 4.84. The van der Waals surface area contributed by atoms with Gasteiger partial charge in [-0.1, -0.05) is 20.8 Å². The summed E-state index contributed by atoms with van der Waals surface area (Å²) in [5.74, 6) is 0.767. The lowest BCUT2D eigenvalue weighted by molar-refractivity contribution is -0.0399. The van der Waals surface area contributed by atoms with Crippen molar-refractivity contribution in [1.29, 1.82) is 0 Å². The number of nitrogens with one attached hydrogen (secondary N) is 1. The molecule has 2 aliphatic heterocycles. The van der Waals surface area contributed by atoms with Gasteiger partial charge in [0.25, 0.3) is 0 Å². The molecular formula is C17H34N2O. The minimum atomic E-state index is 0.0937. The van der Waals surface area contributed by atoms with Crippen LogP contribution < -0.4 is 5.32 Å². The van der Waals surface area contributed by atoms with Crippen molar-refractivity contribution in [3.8, 4) is 0 Å². The summed E-state index contributed by atoms with van der Waals surface area (Å²) in [6, 6.07) is 1.35. The molecule has 0 bridgehead atoms. The number of piperazine rings is 1. The van der Waals surface area contributed by atoms with Gasteiger partial charge in [0.1, 0.15) is 0 Å². The van der Waals surface area contributed by atoms with Gasteiger partial charge in [-0.2, -0.15) is 0 Å². The molecule has 2 rings (SSSR count). The third kappa shape index (κ3) is 4.44. The van der Waals surface area contributed by atoms with Crippen LogP contribution in [0, 0.1) is 5.92 Å². The monoisotopic (exact) mass is 282 g/mol. The van der Waals surface area contributed by atoms with Crippen LogP contribution in [-0.4, -0.2) is 48.3 Å². The van der Waals surface area contributed by atoms with E-state index < -0.39 is 0 Å². The van der Waals surface area contributed by atoms with Crippen molar-refractivity contribution in [3.05, 3.63) is 0 Å². The van der Waals surface area contributed by atoms with E-state index in [0.717, 1.165) is 19.0 Å². The molecule has 3 atom stereocenters. The van der Waals surface area contributed by atoms with E-state index in [4.69, 9.17) is 4.74 Å². The minimum absolute atomic E-state index is 0.0937. The van der Waals surface area contributed by atoms with E-state index in [1.807, 2.05) is 0 Å². The van der Waals surface area contributed by atoms with Crippen LogP contribution in [0.15, 0.2) is 0 Å². The van der Waals surface area contributed by atoms with E-state index in [9.17, 15) is 0 Å². The van der Waals surface area contributed by atoms with Crippen LogP contribution >= 0.6 is 0 Å². The van der Waals surface area contributed by atoms with Crippen LogP contribution in [0.25, 0.3) is 0 Å². The first kappa shape index (κ1) is 16.3. The van der Waals surface area contributed by atoms with Gasteiger partial charge in [-0.25, -0.2) is 0 Å². The van der Waals surface area contributed by atoms with Crippen molar-refractivity contribution in [2.24, 2.45) is 5.92 Å². The van der Waals surface area contributed by atoms with Gasteiger partial charge in [-0.15, -0.1) is 0 Å². The molecule has 0 amide bonds. The lowest BCUT2D eigenvalue weighted by Crippen LogP contribution is -2.58. The Hall–Kier alpha value is -0.120. The summed E-state index contributed by atoms with van der Waals surface area (Å²) < 4.78 is 6.21. The van der Waals surface area contributed by atoms with Gasteiger partial charge in [0, 0.05) is 31.7 Å². The Morgan fingerprint density at radius 1 is 1.35 bits per heavy atom. The molecule has 3 heteroatoms. The molecule has 0 aromatic heterocycles. The Morgan fingerprint density at radius 2 is 2.10 bits per heavy atom. The van der Waals surface area contributed by atoms with Crippen molar-refractivity contribution in [1.82, 2.24) is 10.2 Å². The summed E-state index contributed by atoms with van der Waals surface area (Å²) in [4.78, 5) is 2.71. The molecule has 3 unspecified atom stereocenters. The lowest BCUT2D eigenvalue weighted by atomic mass is 9.97. The maximum Gasteiger partial charge on any atom is 0.0710 e. The summed E-state index contributed by atoms with van der Waals surface area (Å²) in [6.07, 6.45) is 5.38. The first-order valence-corrected chi connectivity index (χ1v) is 8.55. The Morgan fingerprint density at radius 3 is 2.65 bits per heavy atom. The Bertz CT molecular complexity index is 303. The molecule has 0 aromatic rings. The van der Waals surface area contributed by atoms with Crippen LogP contribution in [0.4, 0.5) is 0 Å². The first-order chi connectivity index (χ1) is 9.39. The van der Waals surface area contributed by atoms with Crippen molar-refractivity contribution in [2.45, 2.75) is 84.1 Å². The number of hydrogen-bond acceptors (Lipinski definition) is 3. The van der Waals surface area contributed by atoms with Crippen LogP contribution in [0.3, 0.4) is 0 Å². The molecule has 20 heavy (non-hydrogen) atoms. The molecule has 0 aliphatic carbocycles. The average Bonchev–Trinajstić information content (AvgIpc) is 2.70. The van der Waals surface area contributed by atoms with Crippen LogP contribution in [-0.2, 0) is 4.74 Å². The normalized spacial score (nSPS) is 34.8. The summed E-state index contributed by atoms with van der Waals surface area (Å²) in [5, 5.41) is 3.71. The second-order valence-electron chi connectivity index (χ2n) is 7.79. The second kappa shape index (κ2) is 6.76. The summed E-state index contributed by atoms with van der Waals surface area (Å²) in [7, 11) is 0. The Balaban J connectivity index is 1.92. The number of rotatable bonds is 5. The van der Waals surface area contributed by atoms with Gasteiger partial charge >= 0.3 is 0 Å². The molecule has 2 heterocycles. The van der Waals surface area contributed by atoms with Gasteiger partial charge in [0.2, 0.25) is 0 Å². The summed E-state index contributed by atoms with van der Waals surface area (Å²) >= 11 is 0. The molecule has 3 nitrogen and oxygen atoms in total. The second-order valence-corrected chi connectivity index (χ2v) is 7.79. The van der Waals surface area contributed by atoms with E-state index in [1.54, 1.807) is 0 Å². The predicted octanol–water partition coefficient (Wildman–Crippen LogP) is 3.04. The number of hydrogen-bond donors (Lipinski definition) is 1. The highest BCUT2D eigenvalue weighted by molar-refractivity contribution is 4.90. The molecule has 0 radical (unpaired) electrons. The van der Waals surface area contributed by atoms with Gasteiger partial charge in [0.15, 0.2) is 0 Å². The van der Waals surface area contributed by atoms with Crippen LogP contribution in [0.1, 0.15) is 60.3 Å². The lowest BCUT2D eigenvalue weighted by Gasteiger charge is -2.42. The quantitative estimate of drug-likeness (QED) is 0.839. The van der Waals surface area contributed by atoms with Crippen molar-refractivity contribution >= 4 is 0 Å². The summed E-state index contributed by atoms with van der Waals surface area (Å²) in [6.45, 7) is 14.9. The fourth-order valence-corrected chi connectivity index (χ4v) is 3.67. The molecule has 1 N–H and O–H groups in total. The number of nitrogens with zero attached hydrogens (tertiary/aromatic N) is 1. The van der Waals surface area contributed by atoms with Gasteiger partial charge < -0.3 is 10.1 Å². The van der Waals surface area contributed by atoms with Gasteiger partial charge in [-0.3, -0.25) is 4.90 Å². The topological polar surface area (TPSA) is 24.5 Å². The largest absolute Gasteiger partial charge is 0.371 e. The molecular weight excluding hydrogens is 248 g/mol. The first-order valence-electron chi connectivity index (χ1n) is 8.55. The maximum atomic E-state index is 6.21. The van der Waals surface area contributed by atoms with Crippen LogP contribution in [0.2, 0.25) is 0 Å². The van der Waals surface area contributed by atoms with Crippen LogP contribution in [0.5, 0.6) is 0 Å². The zero-order valence-electron chi connectivity index (χ0n) is 14.1. The highest BCUT2D eigenvalue weighted by atomic mass is 16.5. The average molecular weight is 282 g/mol. The van der Waals surface area contributed by atoms with Crippen molar-refractivity contribution in [3.63, 3.8) is 0 Å². The fraction of sp³-hybridized carbons (Fsp3) is 1.00. The standard InChI is InChI=1S/C17H34N2O/c1-6-14-11-19(15(10-18-14)9-13(2)3)12-16-7-8-17(4,5)20-16/h13-16,18H,6-12H2,1-5H3. The van der Waals surface area contributed by atoms with E-state index in [-0.39, 0.29) is 5.60 Å². The third-order valence-corrected chi connectivity index (χ3v) is 4.84. The molecule has 118 valence electrons. The predicted molar refractivity (Wildman–Crippen MR) is 85.1 cm³/mol. The highest BCUT2D eigenvalue weighted by Crippen LogP contribution is 2.30. The zero-order chi connectivity index (χ0) is 14.8. The van der Waals surface area contributed by atoms with Gasteiger partial charge in [0.05, 0.1) is 11.7 Å². The minimum Gasteiger partial charge on any atom is -0.371 e. The van der Waals surface area contributed by atoms with E-state index in [0.29, 0.717) is 18.2 Å². The maximum absolute atomic E-state index is 6.21. The van der Waals surface area contributed by atoms with Crippen molar-refractivity contribution < 1.29 is 4.74 Å². The van der Waals surface area contributed by atoms with Crippen molar-refractivity contribution in [2.75, 3.05) is 19.6 Å². The molecule has 0 aromatic carbocycles. The molecule has 0 saturated carbocycles. The number of ether oxygens (including phenoxy) is 1. The summed E-state index contributed by atoms with van der Waals surface area (Å²) in [5.41, 5.74) is 0.0937. The molecule has 2 aliphatic rings. The molecule has 2 saturated heterocycles. The van der Waals surface area contributed by atoms with E-state index in [1.165, 1.54) is 32.2 Å². The zero-order valence-corrected chi connectivity index (χ0v) is 14.1. The van der Waals surface area contributed by atoms with E-state index >= 15 is 0 Å². The Kier molecular flexibility index (Phi) is 5.49. The fourth-order valence-electron chi connectivity index (χ4n) is 3.67.